The van der Waals surface area contributed by atoms with E-state index in [1.54, 1.807) is 36.4 Å². The first-order valence-electron chi connectivity index (χ1n) is 14.1. The van der Waals surface area contributed by atoms with Gasteiger partial charge in [0.05, 0.1) is 30.2 Å². The molecule has 0 aromatic heterocycles. The molecule has 0 radical (unpaired) electrons. The molecule has 0 unspecified atom stereocenters. The molecule has 7 nitrogen and oxygen atoms in total. The number of phenolic OH excluding ortho intramolecular Hbond substituents is 1. The summed E-state index contributed by atoms with van der Waals surface area (Å²) < 4.78 is 19.8. The van der Waals surface area contributed by atoms with Crippen LogP contribution in [0.5, 0.6) is 11.5 Å². The Balaban J connectivity index is 1.43. The number of carbonyl (C=O) groups is 2. The number of nitrogens with zero attached hydrogens (tertiary/aromatic N) is 1. The van der Waals surface area contributed by atoms with Gasteiger partial charge in [-0.1, -0.05) is 54.1 Å². The van der Waals surface area contributed by atoms with Crippen molar-refractivity contribution in [3.63, 3.8) is 0 Å². The van der Waals surface area contributed by atoms with E-state index in [1.165, 1.54) is 17.0 Å². The highest BCUT2D eigenvalue weighted by Crippen LogP contribution is 2.47. The number of fused-ring (bicyclic) bond motifs is 1. The number of hydrogen-bond donors (Lipinski definition) is 3. The average Bonchev–Trinajstić information content (AvgIpc) is 3.25. The topological polar surface area (TPSA) is 107 Å². The maximum absolute atomic E-state index is 13.8. The Morgan fingerprint density at radius 3 is 2.40 bits per heavy atom. The lowest BCUT2D eigenvalue weighted by Gasteiger charge is -2.36. The maximum atomic E-state index is 13.8. The minimum Gasteiger partial charge on any atom is -0.505 e. The molecule has 2 aliphatic rings. The lowest BCUT2D eigenvalue weighted by atomic mass is 9.68. The second-order valence-electron chi connectivity index (χ2n) is 10.9. The van der Waals surface area contributed by atoms with Gasteiger partial charge in [0, 0.05) is 5.92 Å². The number of aromatic hydroxyl groups is 1. The number of anilines is 1. The highest BCUT2D eigenvalue weighted by molar-refractivity contribution is 6.22. The monoisotopic (exact) mass is 571 g/mol. The van der Waals surface area contributed by atoms with Crippen molar-refractivity contribution in [1.82, 2.24) is 0 Å². The number of benzene rings is 3. The van der Waals surface area contributed by atoms with E-state index < -0.39 is 42.0 Å². The number of halogens is 1. The standard InChI is InChI=1S/C34H34FNO6/c1-21(16-22-13-15-29(38)28(35)17-22)12-14-30(39)31-23(20-42-25-10-6-3-7-11-25)18-26-32(27(31)19-37)34(41)36(33(26)40)24-8-4-2-5-9-24/h2-11,13,15-17,26-27,30,32,37-39H,12,14,18-20H2,1H3/b21-16+/t26-,27+,30-,32-/m1/s1. The number of imide groups is 1. The van der Waals surface area contributed by atoms with Gasteiger partial charge < -0.3 is 20.1 Å². The van der Waals surface area contributed by atoms with Crippen LogP contribution in [-0.2, 0) is 9.59 Å². The second-order valence-corrected chi connectivity index (χ2v) is 10.9. The summed E-state index contributed by atoms with van der Waals surface area (Å²) in [5, 5.41) is 31.6. The normalized spacial score (nSPS) is 21.5. The average molecular weight is 572 g/mol. The van der Waals surface area contributed by atoms with Crippen molar-refractivity contribution in [1.29, 1.82) is 0 Å². The highest BCUT2D eigenvalue weighted by atomic mass is 19.1. The van der Waals surface area contributed by atoms with Gasteiger partial charge in [-0.05, 0) is 79.3 Å². The van der Waals surface area contributed by atoms with Gasteiger partial charge in [0.1, 0.15) is 12.4 Å². The molecular formula is C34H34FNO6. The van der Waals surface area contributed by atoms with Crippen molar-refractivity contribution >= 4 is 23.6 Å². The van der Waals surface area contributed by atoms with Gasteiger partial charge in [-0.15, -0.1) is 0 Å². The minimum absolute atomic E-state index is 0.102. The molecule has 0 spiro atoms. The number of aliphatic hydroxyl groups excluding tert-OH is 2. The van der Waals surface area contributed by atoms with Crippen LogP contribution in [0.15, 0.2) is 95.6 Å². The van der Waals surface area contributed by atoms with E-state index in [0.29, 0.717) is 34.6 Å². The third-order valence-electron chi connectivity index (χ3n) is 8.11. The van der Waals surface area contributed by atoms with Crippen molar-refractivity contribution in [2.24, 2.45) is 17.8 Å². The van der Waals surface area contributed by atoms with Crippen molar-refractivity contribution in [2.75, 3.05) is 18.1 Å². The van der Waals surface area contributed by atoms with E-state index in [-0.39, 0.29) is 31.3 Å². The lowest BCUT2D eigenvalue weighted by Crippen LogP contribution is -2.40. The van der Waals surface area contributed by atoms with Crippen LogP contribution in [0.2, 0.25) is 0 Å². The van der Waals surface area contributed by atoms with Crippen molar-refractivity contribution in [2.45, 2.75) is 32.3 Å². The number of rotatable bonds is 10. The van der Waals surface area contributed by atoms with Gasteiger partial charge in [0.15, 0.2) is 11.6 Å². The third-order valence-corrected chi connectivity index (χ3v) is 8.11. The van der Waals surface area contributed by atoms with Crippen LogP contribution < -0.4 is 9.64 Å². The molecule has 0 bridgehead atoms. The number of phenols is 1. The second kappa shape index (κ2) is 12.7. The van der Waals surface area contributed by atoms with E-state index in [2.05, 4.69) is 0 Å². The quantitative estimate of drug-likeness (QED) is 0.226. The largest absolute Gasteiger partial charge is 0.505 e. The Hall–Kier alpha value is -4.27. The predicted octanol–water partition coefficient (Wildman–Crippen LogP) is 5.27. The Morgan fingerprint density at radius 1 is 1.05 bits per heavy atom. The zero-order chi connectivity index (χ0) is 29.8. The fraction of sp³-hybridized carbons (Fsp3) is 0.294. The summed E-state index contributed by atoms with van der Waals surface area (Å²) in [4.78, 5) is 28.5. The van der Waals surface area contributed by atoms with Gasteiger partial charge >= 0.3 is 0 Å². The number of carbonyl (C=O) groups excluding carboxylic acids is 2. The van der Waals surface area contributed by atoms with Crippen molar-refractivity contribution in [3.8, 4) is 11.5 Å². The zero-order valence-electron chi connectivity index (χ0n) is 23.3. The number of aliphatic hydroxyl groups is 2. The maximum Gasteiger partial charge on any atom is 0.238 e. The van der Waals surface area contributed by atoms with Gasteiger partial charge in [-0.25, -0.2) is 4.39 Å². The Morgan fingerprint density at radius 2 is 1.74 bits per heavy atom. The fourth-order valence-electron chi connectivity index (χ4n) is 6.10. The minimum atomic E-state index is -1.01. The molecule has 8 heteroatoms. The molecule has 3 aromatic carbocycles. The molecule has 3 N–H and O–H groups in total. The fourth-order valence-corrected chi connectivity index (χ4v) is 6.10. The van der Waals surface area contributed by atoms with Gasteiger partial charge in [-0.2, -0.15) is 0 Å². The van der Waals surface area contributed by atoms with Gasteiger partial charge in [0.25, 0.3) is 0 Å². The number of hydrogen-bond acceptors (Lipinski definition) is 6. The third kappa shape index (κ3) is 6.00. The highest BCUT2D eigenvalue weighted by Gasteiger charge is 2.55. The van der Waals surface area contributed by atoms with Crippen molar-refractivity contribution < 1.29 is 34.0 Å². The Bertz CT molecular complexity index is 1500. The summed E-state index contributed by atoms with van der Waals surface area (Å²) in [6.45, 7) is 1.55. The number of ether oxygens (including phenoxy) is 1. The molecule has 1 heterocycles. The Labute approximate surface area is 244 Å². The molecule has 1 aliphatic carbocycles. The summed E-state index contributed by atoms with van der Waals surface area (Å²) in [6.07, 6.45) is 1.74. The van der Waals surface area contributed by atoms with Gasteiger partial charge in [0.2, 0.25) is 11.8 Å². The van der Waals surface area contributed by atoms with E-state index in [1.807, 2.05) is 43.3 Å². The van der Waals surface area contributed by atoms with Gasteiger partial charge in [-0.3, -0.25) is 14.5 Å². The summed E-state index contributed by atoms with van der Waals surface area (Å²) in [6, 6.07) is 22.1. The first-order valence-corrected chi connectivity index (χ1v) is 14.1. The van der Waals surface area contributed by atoms with Crippen LogP contribution >= 0.6 is 0 Å². The van der Waals surface area contributed by atoms with Crippen LogP contribution in [0.4, 0.5) is 10.1 Å². The van der Waals surface area contributed by atoms with E-state index in [9.17, 15) is 29.3 Å². The number of amides is 2. The number of para-hydroxylation sites is 2. The lowest BCUT2D eigenvalue weighted by molar-refractivity contribution is -0.123. The molecule has 2 amide bonds. The number of allylic oxidation sites excluding steroid dienone is 1. The molecule has 4 atom stereocenters. The zero-order valence-corrected chi connectivity index (χ0v) is 23.3. The summed E-state index contributed by atoms with van der Waals surface area (Å²) in [7, 11) is 0. The van der Waals surface area contributed by atoms with E-state index >= 15 is 0 Å². The molecule has 1 fully saturated rings. The molecule has 0 saturated carbocycles. The molecule has 1 saturated heterocycles. The first kappa shape index (κ1) is 29.2. The summed E-state index contributed by atoms with van der Waals surface area (Å²) in [5.41, 5.74) is 3.17. The Kier molecular flexibility index (Phi) is 8.85. The first-order chi connectivity index (χ1) is 20.3. The molecule has 3 aromatic rings. The SMILES string of the molecule is C/C(=C\c1ccc(O)c(F)c1)CC[C@@H](O)C1=C(COc2ccccc2)C[C@H]2C(=O)N(c3ccccc3)C(=O)[C@H]2[C@H]1CO. The summed E-state index contributed by atoms with van der Waals surface area (Å²) >= 11 is 0. The molecule has 1 aliphatic heterocycles. The van der Waals surface area contributed by atoms with Crippen LogP contribution in [0.1, 0.15) is 31.7 Å². The molecule has 5 rings (SSSR count). The van der Waals surface area contributed by atoms with Crippen LogP contribution in [-0.4, -0.2) is 46.5 Å². The molecular weight excluding hydrogens is 537 g/mol. The predicted molar refractivity (Wildman–Crippen MR) is 157 cm³/mol. The van der Waals surface area contributed by atoms with E-state index in [0.717, 1.165) is 5.57 Å². The van der Waals surface area contributed by atoms with Crippen molar-refractivity contribution in [3.05, 3.63) is 107 Å². The molecule has 218 valence electrons. The van der Waals surface area contributed by atoms with Crippen LogP contribution in [0, 0.1) is 23.6 Å². The van der Waals surface area contributed by atoms with Crippen LogP contribution in [0.3, 0.4) is 0 Å². The smallest absolute Gasteiger partial charge is 0.238 e. The summed E-state index contributed by atoms with van der Waals surface area (Å²) in [5.74, 6) is -3.44. The van der Waals surface area contributed by atoms with E-state index in [4.69, 9.17) is 4.74 Å². The molecule has 42 heavy (non-hydrogen) atoms. The van der Waals surface area contributed by atoms with Crippen LogP contribution in [0.25, 0.3) is 6.08 Å².